The molecule has 0 heterocycles. The first-order valence-electron chi connectivity index (χ1n) is 7.10. The van der Waals surface area contributed by atoms with Gasteiger partial charge < -0.3 is 10.2 Å². The van der Waals surface area contributed by atoms with Crippen molar-refractivity contribution in [2.75, 3.05) is 11.9 Å². The Labute approximate surface area is 149 Å². The van der Waals surface area contributed by atoms with E-state index in [0.29, 0.717) is 21.3 Å². The van der Waals surface area contributed by atoms with Gasteiger partial charge in [0.25, 0.3) is 0 Å². The van der Waals surface area contributed by atoms with E-state index in [1.807, 2.05) is 0 Å². The number of rotatable bonds is 5. The molecule has 7 heteroatoms. The summed E-state index contributed by atoms with van der Waals surface area (Å²) in [6, 6.07) is 10.8. The van der Waals surface area contributed by atoms with Crippen molar-refractivity contribution >= 4 is 40.7 Å². The van der Waals surface area contributed by atoms with Crippen molar-refractivity contribution in [1.82, 2.24) is 4.90 Å². The zero-order chi connectivity index (χ0) is 17.7. The van der Waals surface area contributed by atoms with Crippen molar-refractivity contribution < 1.29 is 14.0 Å². The molecule has 0 aliphatic rings. The molecule has 4 nitrogen and oxygen atoms in total. The number of hydrogen-bond acceptors (Lipinski definition) is 2. The summed E-state index contributed by atoms with van der Waals surface area (Å²) in [4.78, 5) is 25.1. The van der Waals surface area contributed by atoms with E-state index in [9.17, 15) is 14.0 Å². The molecular formula is C17H15Cl2FN2O2. The molecule has 0 aliphatic heterocycles. The number of carbonyl (C=O) groups excluding carboxylic acids is 2. The molecule has 0 atom stereocenters. The molecule has 2 aromatic carbocycles. The molecule has 2 aromatic rings. The summed E-state index contributed by atoms with van der Waals surface area (Å²) in [5, 5.41) is 3.34. The van der Waals surface area contributed by atoms with Crippen LogP contribution in [0.3, 0.4) is 0 Å². The van der Waals surface area contributed by atoms with Gasteiger partial charge in [0, 0.05) is 24.1 Å². The van der Waals surface area contributed by atoms with Gasteiger partial charge in [0.2, 0.25) is 11.8 Å². The van der Waals surface area contributed by atoms with Gasteiger partial charge in [0.15, 0.2) is 0 Å². The van der Waals surface area contributed by atoms with Crippen molar-refractivity contribution in [3.05, 3.63) is 63.9 Å². The van der Waals surface area contributed by atoms with Crippen LogP contribution in [0, 0.1) is 5.82 Å². The van der Waals surface area contributed by atoms with Gasteiger partial charge in [-0.3, -0.25) is 9.59 Å². The lowest BCUT2D eigenvalue weighted by molar-refractivity contribution is -0.133. The highest BCUT2D eigenvalue weighted by atomic mass is 35.5. The predicted octanol–water partition coefficient (Wildman–Crippen LogP) is 4.12. The van der Waals surface area contributed by atoms with E-state index in [4.69, 9.17) is 23.2 Å². The highest BCUT2D eigenvalue weighted by Crippen LogP contribution is 2.25. The van der Waals surface area contributed by atoms with Crippen molar-refractivity contribution in [2.24, 2.45) is 0 Å². The second kappa shape index (κ2) is 8.13. The zero-order valence-corrected chi connectivity index (χ0v) is 14.4. The summed E-state index contributed by atoms with van der Waals surface area (Å²) in [5.41, 5.74) is 0.727. The molecule has 0 aliphatic carbocycles. The zero-order valence-electron chi connectivity index (χ0n) is 12.9. The number of nitrogens with one attached hydrogen (secondary N) is 1. The molecule has 0 radical (unpaired) electrons. The van der Waals surface area contributed by atoms with Gasteiger partial charge in [0.05, 0.1) is 10.7 Å². The summed E-state index contributed by atoms with van der Waals surface area (Å²) in [5.74, 6) is -1.20. The van der Waals surface area contributed by atoms with Crippen molar-refractivity contribution in [3.8, 4) is 0 Å². The molecule has 0 unspecified atom stereocenters. The van der Waals surface area contributed by atoms with Crippen LogP contribution in [0.2, 0.25) is 10.0 Å². The molecule has 0 fully saturated rings. The maximum absolute atomic E-state index is 13.7. The Balaban J connectivity index is 2.06. The SMILES string of the molecule is CC(=O)N(CC(=O)Nc1ccc(Cl)cc1Cl)Cc1ccccc1F. The topological polar surface area (TPSA) is 49.4 Å². The lowest BCUT2D eigenvalue weighted by Gasteiger charge is -2.21. The number of carbonyl (C=O) groups is 2. The average molecular weight is 369 g/mol. The summed E-state index contributed by atoms with van der Waals surface area (Å²) >= 11 is 11.8. The second-order valence-electron chi connectivity index (χ2n) is 5.14. The standard InChI is InChI=1S/C17H15Cl2FN2O2/c1-11(23)22(9-12-4-2-3-5-15(12)20)10-17(24)21-16-7-6-13(18)8-14(16)19/h2-8H,9-10H2,1H3,(H,21,24). The lowest BCUT2D eigenvalue weighted by atomic mass is 10.2. The Bertz CT molecular complexity index is 768. The minimum Gasteiger partial charge on any atom is -0.329 e. The smallest absolute Gasteiger partial charge is 0.244 e. The van der Waals surface area contributed by atoms with E-state index in [0.717, 1.165) is 0 Å². The maximum atomic E-state index is 13.7. The van der Waals surface area contributed by atoms with E-state index < -0.39 is 11.7 Å². The van der Waals surface area contributed by atoms with Crippen LogP contribution in [0.15, 0.2) is 42.5 Å². The molecule has 126 valence electrons. The van der Waals surface area contributed by atoms with Gasteiger partial charge in [-0.2, -0.15) is 0 Å². The number of hydrogen-bond donors (Lipinski definition) is 1. The summed E-state index contributed by atoms with van der Waals surface area (Å²) in [7, 11) is 0. The Morgan fingerprint density at radius 3 is 2.50 bits per heavy atom. The van der Waals surface area contributed by atoms with Crippen LogP contribution in [0.1, 0.15) is 12.5 Å². The van der Waals surface area contributed by atoms with Crippen LogP contribution in [0.5, 0.6) is 0 Å². The predicted molar refractivity (Wildman–Crippen MR) is 92.6 cm³/mol. The largest absolute Gasteiger partial charge is 0.329 e. The lowest BCUT2D eigenvalue weighted by Crippen LogP contribution is -2.36. The Morgan fingerprint density at radius 2 is 1.88 bits per heavy atom. The normalized spacial score (nSPS) is 10.3. The van der Waals surface area contributed by atoms with Gasteiger partial charge in [-0.25, -0.2) is 4.39 Å². The van der Waals surface area contributed by atoms with E-state index >= 15 is 0 Å². The third-order valence-electron chi connectivity index (χ3n) is 3.30. The molecule has 0 bridgehead atoms. The first kappa shape index (κ1) is 18.2. The second-order valence-corrected chi connectivity index (χ2v) is 5.98. The number of nitrogens with zero attached hydrogens (tertiary/aromatic N) is 1. The average Bonchev–Trinajstić information content (AvgIpc) is 2.51. The summed E-state index contributed by atoms with van der Waals surface area (Å²) in [6.07, 6.45) is 0. The Morgan fingerprint density at radius 1 is 1.17 bits per heavy atom. The van der Waals surface area contributed by atoms with E-state index in [-0.39, 0.29) is 19.0 Å². The Hall–Kier alpha value is -2.11. The minimum atomic E-state index is -0.439. The maximum Gasteiger partial charge on any atom is 0.244 e. The Kier molecular flexibility index (Phi) is 6.17. The number of benzene rings is 2. The minimum absolute atomic E-state index is 0.00375. The van der Waals surface area contributed by atoms with Gasteiger partial charge in [-0.15, -0.1) is 0 Å². The van der Waals surface area contributed by atoms with Crippen LogP contribution < -0.4 is 5.32 Å². The highest BCUT2D eigenvalue weighted by Gasteiger charge is 2.16. The molecule has 2 rings (SSSR count). The fourth-order valence-corrected chi connectivity index (χ4v) is 2.52. The van der Waals surface area contributed by atoms with Gasteiger partial charge in [-0.05, 0) is 24.3 Å². The first-order valence-corrected chi connectivity index (χ1v) is 7.86. The van der Waals surface area contributed by atoms with Gasteiger partial charge >= 0.3 is 0 Å². The van der Waals surface area contributed by atoms with Gasteiger partial charge in [-0.1, -0.05) is 41.4 Å². The molecular weight excluding hydrogens is 354 g/mol. The van der Waals surface area contributed by atoms with Crippen LogP contribution in [0.25, 0.3) is 0 Å². The molecule has 0 aromatic heterocycles. The molecule has 24 heavy (non-hydrogen) atoms. The first-order chi connectivity index (χ1) is 11.4. The monoisotopic (exact) mass is 368 g/mol. The van der Waals surface area contributed by atoms with Crippen molar-refractivity contribution in [1.29, 1.82) is 0 Å². The van der Waals surface area contributed by atoms with Crippen LogP contribution >= 0.6 is 23.2 Å². The summed E-state index contributed by atoms with van der Waals surface area (Å²) < 4.78 is 13.7. The third-order valence-corrected chi connectivity index (χ3v) is 3.85. The molecule has 2 amide bonds. The molecule has 0 saturated heterocycles. The van der Waals surface area contributed by atoms with Crippen LogP contribution in [-0.2, 0) is 16.1 Å². The van der Waals surface area contributed by atoms with Crippen LogP contribution in [0.4, 0.5) is 10.1 Å². The van der Waals surface area contributed by atoms with Crippen LogP contribution in [-0.4, -0.2) is 23.3 Å². The molecule has 1 N–H and O–H groups in total. The van der Waals surface area contributed by atoms with Crippen molar-refractivity contribution in [3.63, 3.8) is 0 Å². The summed E-state index contributed by atoms with van der Waals surface area (Å²) in [6.45, 7) is 1.11. The number of amides is 2. The third kappa shape index (κ3) is 4.94. The number of anilines is 1. The van der Waals surface area contributed by atoms with E-state index in [2.05, 4.69) is 5.32 Å². The highest BCUT2D eigenvalue weighted by molar-refractivity contribution is 6.36. The number of halogens is 3. The quantitative estimate of drug-likeness (QED) is 0.862. The fourth-order valence-electron chi connectivity index (χ4n) is 2.06. The van der Waals surface area contributed by atoms with E-state index in [1.165, 1.54) is 24.0 Å². The fraction of sp³-hybridized carbons (Fsp3) is 0.176. The van der Waals surface area contributed by atoms with E-state index in [1.54, 1.807) is 30.3 Å². The molecule has 0 spiro atoms. The van der Waals surface area contributed by atoms with Crippen molar-refractivity contribution in [2.45, 2.75) is 13.5 Å². The molecule has 0 saturated carbocycles. The van der Waals surface area contributed by atoms with Gasteiger partial charge in [0.1, 0.15) is 12.4 Å².